The fourth-order valence-electron chi connectivity index (χ4n) is 2.51. The van der Waals surface area contributed by atoms with Gasteiger partial charge in [0.05, 0.1) is 11.7 Å². The van der Waals surface area contributed by atoms with Gasteiger partial charge in [-0.3, -0.25) is 4.98 Å². The highest BCUT2D eigenvalue weighted by atomic mass is 19.1. The predicted octanol–water partition coefficient (Wildman–Crippen LogP) is 3.05. The molecule has 1 unspecified atom stereocenters. The first-order chi connectivity index (χ1) is 7.68. The van der Waals surface area contributed by atoms with E-state index in [0.717, 1.165) is 18.8 Å². The van der Waals surface area contributed by atoms with Crippen molar-refractivity contribution in [1.29, 1.82) is 0 Å². The summed E-state index contributed by atoms with van der Waals surface area (Å²) < 4.78 is 13.5. The molecule has 2 N–H and O–H groups in total. The lowest BCUT2D eigenvalue weighted by molar-refractivity contribution is 0.251. The zero-order chi connectivity index (χ0) is 11.5. The van der Waals surface area contributed by atoms with E-state index in [1.165, 1.54) is 18.9 Å². The van der Waals surface area contributed by atoms with Crippen LogP contribution in [-0.4, -0.2) is 4.98 Å². The highest BCUT2D eigenvalue weighted by molar-refractivity contribution is 5.12. The minimum atomic E-state index is -0.270. The van der Waals surface area contributed by atoms with Gasteiger partial charge in [-0.2, -0.15) is 0 Å². The van der Waals surface area contributed by atoms with E-state index in [9.17, 15) is 4.39 Å². The molecule has 0 spiro atoms. The third-order valence-electron chi connectivity index (χ3n) is 3.67. The van der Waals surface area contributed by atoms with Crippen molar-refractivity contribution in [2.75, 3.05) is 0 Å². The summed E-state index contributed by atoms with van der Waals surface area (Å²) in [5, 5.41) is 0. The molecule has 0 amide bonds. The van der Waals surface area contributed by atoms with Gasteiger partial charge in [-0.1, -0.05) is 19.8 Å². The van der Waals surface area contributed by atoms with Crippen molar-refractivity contribution in [3.8, 4) is 0 Å². The summed E-state index contributed by atoms with van der Waals surface area (Å²) in [7, 11) is 0. The summed E-state index contributed by atoms with van der Waals surface area (Å²) in [6.45, 7) is 2.27. The molecule has 0 bridgehead atoms. The molecule has 1 aromatic rings. The Kier molecular flexibility index (Phi) is 3.54. The van der Waals surface area contributed by atoms with Crippen LogP contribution in [0, 0.1) is 17.7 Å². The molecule has 0 saturated heterocycles. The van der Waals surface area contributed by atoms with Gasteiger partial charge < -0.3 is 5.73 Å². The highest BCUT2D eigenvalue weighted by Gasteiger charge is 2.26. The van der Waals surface area contributed by atoms with Crippen LogP contribution in [0.3, 0.4) is 0 Å². The zero-order valence-corrected chi connectivity index (χ0v) is 9.70. The molecule has 1 fully saturated rings. The molecule has 2 rings (SSSR count). The number of aromatic nitrogens is 1. The Morgan fingerprint density at radius 1 is 1.38 bits per heavy atom. The highest BCUT2D eigenvalue weighted by Crippen LogP contribution is 2.35. The summed E-state index contributed by atoms with van der Waals surface area (Å²) in [5.41, 5.74) is 6.55. The van der Waals surface area contributed by atoms with Crippen LogP contribution >= 0.6 is 0 Å². The van der Waals surface area contributed by atoms with Crippen LogP contribution in [0.5, 0.6) is 0 Å². The normalized spacial score (nSPS) is 27.7. The quantitative estimate of drug-likeness (QED) is 0.835. The van der Waals surface area contributed by atoms with Crippen molar-refractivity contribution in [3.05, 3.63) is 29.8 Å². The Labute approximate surface area is 96.1 Å². The predicted molar refractivity (Wildman–Crippen MR) is 62.2 cm³/mol. The van der Waals surface area contributed by atoms with Crippen molar-refractivity contribution < 1.29 is 4.39 Å². The van der Waals surface area contributed by atoms with E-state index < -0.39 is 0 Å². The second kappa shape index (κ2) is 4.91. The molecular formula is C13H19FN2. The fraction of sp³-hybridized carbons (Fsp3) is 0.615. The van der Waals surface area contributed by atoms with Gasteiger partial charge in [-0.05, 0) is 36.8 Å². The number of hydrogen-bond donors (Lipinski definition) is 1. The van der Waals surface area contributed by atoms with Crippen LogP contribution in [0.15, 0.2) is 18.3 Å². The molecule has 1 aliphatic carbocycles. The maximum absolute atomic E-state index is 13.5. The topological polar surface area (TPSA) is 38.9 Å². The second-order valence-electron chi connectivity index (χ2n) is 4.92. The third kappa shape index (κ3) is 2.40. The lowest BCUT2D eigenvalue weighted by Gasteiger charge is -2.30. The minimum Gasteiger partial charge on any atom is -0.322 e. The number of nitrogens with two attached hydrogens (primary N) is 1. The van der Waals surface area contributed by atoms with E-state index in [-0.39, 0.29) is 11.9 Å². The van der Waals surface area contributed by atoms with E-state index in [4.69, 9.17) is 5.73 Å². The molecule has 1 saturated carbocycles. The van der Waals surface area contributed by atoms with E-state index in [1.54, 1.807) is 12.3 Å². The minimum absolute atomic E-state index is 0.242. The van der Waals surface area contributed by atoms with Crippen LogP contribution in [-0.2, 0) is 0 Å². The average molecular weight is 222 g/mol. The Morgan fingerprint density at radius 3 is 2.69 bits per heavy atom. The Bertz CT molecular complexity index is 346. The van der Waals surface area contributed by atoms with Gasteiger partial charge in [0.1, 0.15) is 5.82 Å². The molecule has 0 aromatic carbocycles. The molecular weight excluding hydrogens is 203 g/mol. The Balaban J connectivity index is 2.07. The monoisotopic (exact) mass is 222 g/mol. The molecule has 1 heterocycles. The lowest BCUT2D eigenvalue weighted by Crippen LogP contribution is -2.27. The van der Waals surface area contributed by atoms with Crippen molar-refractivity contribution in [2.24, 2.45) is 17.6 Å². The molecule has 16 heavy (non-hydrogen) atoms. The number of nitrogens with zero attached hydrogens (tertiary/aromatic N) is 1. The van der Waals surface area contributed by atoms with Crippen LogP contribution in [0.4, 0.5) is 4.39 Å². The number of rotatable bonds is 2. The standard InChI is InChI=1S/C13H19FN2/c1-9-4-6-10(7-5-9)12(15)13-11(14)3-2-8-16-13/h2-3,8-10,12H,4-7,15H2,1H3. The number of pyridine rings is 1. The maximum Gasteiger partial charge on any atom is 0.146 e. The maximum atomic E-state index is 13.5. The smallest absolute Gasteiger partial charge is 0.146 e. The Morgan fingerprint density at radius 2 is 2.06 bits per heavy atom. The number of halogens is 1. The van der Waals surface area contributed by atoms with Crippen LogP contribution in [0.2, 0.25) is 0 Å². The largest absolute Gasteiger partial charge is 0.322 e. The summed E-state index contributed by atoms with van der Waals surface area (Å²) >= 11 is 0. The van der Waals surface area contributed by atoms with Crippen molar-refractivity contribution >= 4 is 0 Å². The van der Waals surface area contributed by atoms with Gasteiger partial charge in [0.2, 0.25) is 0 Å². The van der Waals surface area contributed by atoms with Gasteiger partial charge in [-0.25, -0.2) is 4.39 Å². The van der Waals surface area contributed by atoms with Crippen molar-refractivity contribution in [1.82, 2.24) is 4.98 Å². The Hall–Kier alpha value is -0.960. The summed E-state index contributed by atoms with van der Waals surface area (Å²) in [6.07, 6.45) is 6.21. The molecule has 2 nitrogen and oxygen atoms in total. The van der Waals surface area contributed by atoms with Gasteiger partial charge >= 0.3 is 0 Å². The fourth-order valence-corrected chi connectivity index (χ4v) is 2.51. The molecule has 0 radical (unpaired) electrons. The molecule has 3 heteroatoms. The van der Waals surface area contributed by atoms with Crippen LogP contribution < -0.4 is 5.73 Å². The molecule has 1 atom stereocenters. The van der Waals surface area contributed by atoms with Crippen LogP contribution in [0.25, 0.3) is 0 Å². The molecule has 0 aliphatic heterocycles. The first kappa shape index (κ1) is 11.5. The first-order valence-electron chi connectivity index (χ1n) is 6.04. The summed E-state index contributed by atoms with van der Waals surface area (Å²) in [6, 6.07) is 2.80. The molecule has 1 aromatic heterocycles. The van der Waals surface area contributed by atoms with E-state index in [0.29, 0.717) is 11.6 Å². The molecule has 88 valence electrons. The second-order valence-corrected chi connectivity index (χ2v) is 4.92. The van der Waals surface area contributed by atoms with Crippen LogP contribution in [0.1, 0.15) is 44.3 Å². The van der Waals surface area contributed by atoms with Crippen molar-refractivity contribution in [2.45, 2.75) is 38.6 Å². The SMILES string of the molecule is CC1CCC(C(N)c2ncccc2F)CC1. The number of hydrogen-bond acceptors (Lipinski definition) is 2. The zero-order valence-electron chi connectivity index (χ0n) is 9.70. The molecule has 1 aliphatic rings. The first-order valence-corrected chi connectivity index (χ1v) is 6.04. The third-order valence-corrected chi connectivity index (χ3v) is 3.67. The van der Waals surface area contributed by atoms with Gasteiger partial charge in [0.25, 0.3) is 0 Å². The van der Waals surface area contributed by atoms with Gasteiger partial charge in [0, 0.05) is 6.20 Å². The van der Waals surface area contributed by atoms with Gasteiger partial charge in [-0.15, -0.1) is 0 Å². The summed E-state index contributed by atoms with van der Waals surface area (Å²) in [5.74, 6) is 0.909. The van der Waals surface area contributed by atoms with E-state index >= 15 is 0 Å². The van der Waals surface area contributed by atoms with Gasteiger partial charge in [0.15, 0.2) is 0 Å². The van der Waals surface area contributed by atoms with Crippen molar-refractivity contribution in [3.63, 3.8) is 0 Å². The van der Waals surface area contributed by atoms with E-state index in [2.05, 4.69) is 11.9 Å². The average Bonchev–Trinajstić information content (AvgIpc) is 2.30. The van der Waals surface area contributed by atoms with E-state index in [1.807, 2.05) is 0 Å². The summed E-state index contributed by atoms with van der Waals surface area (Å²) in [4.78, 5) is 4.07. The lowest BCUT2D eigenvalue weighted by atomic mass is 9.78.